The Morgan fingerprint density at radius 2 is 1.85 bits per heavy atom. The molecule has 0 spiro atoms. The third-order valence-electron chi connectivity index (χ3n) is 5.47. The van der Waals surface area contributed by atoms with Crippen LogP contribution in [-0.4, -0.2) is 51.1 Å². The predicted octanol–water partition coefficient (Wildman–Crippen LogP) is 3.66. The van der Waals surface area contributed by atoms with Crippen LogP contribution in [0.2, 0.25) is 0 Å². The molecule has 0 unspecified atom stereocenters. The molecule has 0 aliphatic carbocycles. The third-order valence-corrected chi connectivity index (χ3v) is 6.13. The lowest BCUT2D eigenvalue weighted by Crippen LogP contribution is -2.45. The van der Waals surface area contributed by atoms with Gasteiger partial charge in [0.15, 0.2) is 0 Å². The molecule has 5 N–H and O–H groups in total. The summed E-state index contributed by atoms with van der Waals surface area (Å²) in [6, 6.07) is 9.55. The van der Waals surface area contributed by atoms with Gasteiger partial charge in [-0.2, -0.15) is 0 Å². The van der Waals surface area contributed by atoms with E-state index in [1.165, 1.54) is 33.9 Å². The molecule has 2 heterocycles. The monoisotopic (exact) mass is 513 g/mol. The molecule has 4 rings (SSSR count). The fourth-order valence-corrected chi connectivity index (χ4v) is 4.47. The smallest absolute Gasteiger partial charge is 0.336 e. The number of para-hydroxylation sites is 1. The summed E-state index contributed by atoms with van der Waals surface area (Å²) in [6.07, 6.45) is 2.59. The van der Waals surface area contributed by atoms with Crippen LogP contribution in [0.3, 0.4) is 0 Å². The normalized spacial score (nSPS) is 15.4. The van der Waals surface area contributed by atoms with E-state index in [1.54, 1.807) is 24.3 Å². The van der Waals surface area contributed by atoms with Crippen LogP contribution in [0.25, 0.3) is 10.9 Å². The number of aromatic carboxylic acids is 1. The number of anilines is 2. The zero-order valence-electron chi connectivity index (χ0n) is 17.2. The van der Waals surface area contributed by atoms with E-state index >= 15 is 0 Å². The van der Waals surface area contributed by atoms with Crippen molar-refractivity contribution in [1.82, 2.24) is 9.47 Å². The predicted molar refractivity (Wildman–Crippen MR) is 125 cm³/mol. The van der Waals surface area contributed by atoms with Gasteiger partial charge in [0, 0.05) is 28.3 Å². The molecule has 1 aromatic heterocycles. The molecule has 10 nitrogen and oxygen atoms in total. The van der Waals surface area contributed by atoms with E-state index in [4.69, 9.17) is 10.8 Å². The second-order valence-corrected chi connectivity index (χ2v) is 8.39. The molecule has 1 aliphatic rings. The fourth-order valence-electron chi connectivity index (χ4n) is 3.92. The minimum Gasteiger partial charge on any atom is -0.478 e. The summed E-state index contributed by atoms with van der Waals surface area (Å²) in [5, 5.41) is 15.3. The number of halogens is 1. The van der Waals surface area contributed by atoms with E-state index in [2.05, 4.69) is 26.6 Å². The number of hydrogen-bond donors (Lipinski definition) is 4. The van der Waals surface area contributed by atoms with Crippen LogP contribution in [0.1, 0.15) is 23.2 Å². The number of rotatable bonds is 4. The van der Waals surface area contributed by atoms with Crippen molar-refractivity contribution in [2.24, 2.45) is 5.73 Å². The average Bonchev–Trinajstić information content (AvgIpc) is 3.39. The van der Waals surface area contributed by atoms with Gasteiger partial charge >= 0.3 is 18.0 Å². The maximum Gasteiger partial charge on any atom is 0.336 e. The van der Waals surface area contributed by atoms with E-state index in [9.17, 15) is 19.2 Å². The first kappa shape index (κ1) is 22.3. The van der Waals surface area contributed by atoms with Crippen molar-refractivity contribution in [2.45, 2.75) is 18.9 Å². The van der Waals surface area contributed by atoms with E-state index in [-0.39, 0.29) is 11.5 Å². The number of fused-ring (bicyclic) bond motifs is 1. The summed E-state index contributed by atoms with van der Waals surface area (Å²) in [5.41, 5.74) is 6.89. The van der Waals surface area contributed by atoms with Gasteiger partial charge in [0.1, 0.15) is 6.04 Å². The molecule has 170 valence electrons. The number of carbonyl (C=O) groups is 4. The van der Waals surface area contributed by atoms with Crippen molar-refractivity contribution < 1.29 is 24.3 Å². The van der Waals surface area contributed by atoms with Gasteiger partial charge in [-0.05, 0) is 53.0 Å². The van der Waals surface area contributed by atoms with E-state index in [0.29, 0.717) is 46.1 Å². The molecule has 1 atom stereocenters. The Morgan fingerprint density at radius 1 is 1.09 bits per heavy atom. The van der Waals surface area contributed by atoms with Crippen LogP contribution in [0, 0.1) is 0 Å². The second kappa shape index (κ2) is 8.94. The van der Waals surface area contributed by atoms with Gasteiger partial charge in [-0.3, -0.25) is 9.36 Å². The summed E-state index contributed by atoms with van der Waals surface area (Å²) in [6.45, 7) is 0.389. The second-order valence-electron chi connectivity index (χ2n) is 7.54. The maximum absolute atomic E-state index is 13.0. The highest BCUT2D eigenvalue weighted by molar-refractivity contribution is 9.10. The first-order valence-electron chi connectivity index (χ1n) is 10.1. The molecule has 1 aliphatic heterocycles. The third kappa shape index (κ3) is 4.40. The van der Waals surface area contributed by atoms with Crippen molar-refractivity contribution in [3.8, 4) is 0 Å². The molecule has 3 aromatic rings. The van der Waals surface area contributed by atoms with Gasteiger partial charge in [-0.15, -0.1) is 0 Å². The van der Waals surface area contributed by atoms with Crippen molar-refractivity contribution in [2.75, 3.05) is 17.2 Å². The Hall–Kier alpha value is -3.86. The Bertz CT molecular complexity index is 1290. The number of carbonyl (C=O) groups excluding carboxylic acids is 3. The molecule has 2 aromatic carbocycles. The number of primary amides is 1. The number of carboxylic acid groups (broad SMARTS) is 1. The van der Waals surface area contributed by atoms with Gasteiger partial charge in [-0.25, -0.2) is 14.4 Å². The fraction of sp³-hybridized carbons (Fsp3) is 0.182. The maximum atomic E-state index is 13.0. The van der Waals surface area contributed by atoms with Crippen LogP contribution in [0.5, 0.6) is 0 Å². The quantitative estimate of drug-likeness (QED) is 0.420. The molecule has 1 saturated heterocycles. The molecule has 11 heteroatoms. The molecule has 0 radical (unpaired) electrons. The molecule has 0 bridgehead atoms. The zero-order chi connectivity index (χ0) is 23.7. The van der Waals surface area contributed by atoms with Crippen LogP contribution in [0.4, 0.5) is 21.0 Å². The van der Waals surface area contributed by atoms with E-state index in [1.807, 2.05) is 0 Å². The Kier molecular flexibility index (Phi) is 6.05. The highest BCUT2D eigenvalue weighted by Gasteiger charge is 2.34. The molecule has 1 fully saturated rings. The standard InChI is InChI=1S/C22H20BrN5O5/c23-15-10-12(7-8-13(15)20(30)31)25-19(29)18-6-3-9-27(18)22(33)26-16-11-28(21(24)32)17-5-2-1-4-14(16)17/h1-2,4-5,7-8,10-11,18H,3,6,9H2,(H2,24,32)(H,25,29)(H,26,33)(H,30,31)/t18-/m0/s1. The topological polar surface area (TPSA) is 147 Å². The highest BCUT2D eigenvalue weighted by atomic mass is 79.9. The van der Waals surface area contributed by atoms with Crippen molar-refractivity contribution in [3.63, 3.8) is 0 Å². The van der Waals surface area contributed by atoms with Crippen molar-refractivity contribution in [1.29, 1.82) is 0 Å². The Labute approximate surface area is 196 Å². The van der Waals surface area contributed by atoms with Crippen LogP contribution >= 0.6 is 15.9 Å². The van der Waals surface area contributed by atoms with Gasteiger partial charge < -0.3 is 26.4 Å². The molecular formula is C22H20BrN5O5. The highest BCUT2D eigenvalue weighted by Crippen LogP contribution is 2.28. The first-order valence-corrected chi connectivity index (χ1v) is 10.9. The SMILES string of the molecule is NC(=O)n1cc(NC(=O)N2CCC[C@H]2C(=O)Nc2ccc(C(=O)O)c(Br)c2)c2ccccc21. The lowest BCUT2D eigenvalue weighted by Gasteiger charge is -2.24. The molecular weight excluding hydrogens is 494 g/mol. The summed E-state index contributed by atoms with van der Waals surface area (Å²) >= 11 is 3.18. The molecule has 4 amide bonds. The number of likely N-dealkylation sites (tertiary alicyclic amines) is 1. The summed E-state index contributed by atoms with van der Waals surface area (Å²) in [5.74, 6) is -1.46. The van der Waals surface area contributed by atoms with Gasteiger partial charge in [0.2, 0.25) is 5.91 Å². The largest absolute Gasteiger partial charge is 0.478 e. The number of nitrogens with one attached hydrogen (secondary N) is 2. The summed E-state index contributed by atoms with van der Waals surface area (Å²) in [7, 11) is 0. The Morgan fingerprint density at radius 3 is 2.55 bits per heavy atom. The number of urea groups is 1. The van der Waals surface area contributed by atoms with Crippen LogP contribution in [0.15, 0.2) is 53.1 Å². The summed E-state index contributed by atoms with van der Waals surface area (Å²) < 4.78 is 1.58. The first-order chi connectivity index (χ1) is 15.8. The van der Waals surface area contributed by atoms with Gasteiger partial charge in [0.25, 0.3) is 0 Å². The lowest BCUT2D eigenvalue weighted by molar-refractivity contribution is -0.119. The zero-order valence-corrected chi connectivity index (χ0v) is 18.8. The Balaban J connectivity index is 1.50. The van der Waals surface area contributed by atoms with Crippen LogP contribution < -0.4 is 16.4 Å². The number of nitrogens with zero attached hydrogens (tertiary/aromatic N) is 2. The molecule has 0 saturated carbocycles. The molecule has 33 heavy (non-hydrogen) atoms. The average molecular weight is 514 g/mol. The van der Waals surface area contributed by atoms with Crippen LogP contribution in [-0.2, 0) is 4.79 Å². The number of hydrogen-bond acceptors (Lipinski definition) is 4. The summed E-state index contributed by atoms with van der Waals surface area (Å²) in [4.78, 5) is 50.2. The number of amides is 4. The van der Waals surface area contributed by atoms with Gasteiger partial charge in [-0.1, -0.05) is 18.2 Å². The minimum absolute atomic E-state index is 0.0741. The lowest BCUT2D eigenvalue weighted by atomic mass is 10.1. The number of benzene rings is 2. The van der Waals surface area contributed by atoms with Crippen molar-refractivity contribution >= 4 is 62.1 Å². The van der Waals surface area contributed by atoms with Crippen molar-refractivity contribution in [3.05, 3.63) is 58.7 Å². The van der Waals surface area contributed by atoms with Gasteiger partial charge in [0.05, 0.1) is 16.8 Å². The number of nitrogens with two attached hydrogens (primary N) is 1. The number of aromatic nitrogens is 1. The van der Waals surface area contributed by atoms with E-state index < -0.39 is 24.1 Å². The number of carboxylic acids is 1. The minimum atomic E-state index is -1.09. The van der Waals surface area contributed by atoms with E-state index in [0.717, 1.165) is 0 Å².